The van der Waals surface area contributed by atoms with E-state index in [1.165, 1.54) is 0 Å². The van der Waals surface area contributed by atoms with Crippen molar-refractivity contribution in [3.8, 4) is 11.5 Å². The van der Waals surface area contributed by atoms with E-state index in [-0.39, 0.29) is 5.91 Å². The summed E-state index contributed by atoms with van der Waals surface area (Å²) in [6.07, 6.45) is 3.94. The molecule has 1 aromatic heterocycles. The van der Waals surface area contributed by atoms with Crippen LogP contribution in [0, 0.1) is 5.41 Å². The van der Waals surface area contributed by atoms with Gasteiger partial charge >= 0.3 is 0 Å². The van der Waals surface area contributed by atoms with E-state index in [1.54, 1.807) is 26.6 Å². The van der Waals surface area contributed by atoms with Crippen molar-refractivity contribution in [1.29, 1.82) is 0 Å². The van der Waals surface area contributed by atoms with Crippen molar-refractivity contribution < 1.29 is 14.3 Å². The first-order chi connectivity index (χ1) is 15.1. The second-order valence-corrected chi connectivity index (χ2v) is 7.76. The van der Waals surface area contributed by atoms with Crippen molar-refractivity contribution >= 4 is 11.9 Å². The van der Waals surface area contributed by atoms with E-state index in [2.05, 4.69) is 27.4 Å². The Labute approximate surface area is 182 Å². The number of benzene rings is 2. The monoisotopic (exact) mass is 418 g/mol. The summed E-state index contributed by atoms with van der Waals surface area (Å²) in [6, 6.07) is 17.8. The van der Waals surface area contributed by atoms with Gasteiger partial charge in [0.2, 0.25) is 11.9 Å². The molecule has 1 aliphatic heterocycles. The molecule has 3 aromatic rings. The van der Waals surface area contributed by atoms with Gasteiger partial charge in [-0.1, -0.05) is 42.5 Å². The summed E-state index contributed by atoms with van der Waals surface area (Å²) < 4.78 is 10.4. The molecule has 0 bridgehead atoms. The largest absolute Gasteiger partial charge is 0.497 e. The Morgan fingerprint density at radius 2 is 1.65 bits per heavy atom. The fourth-order valence-electron chi connectivity index (χ4n) is 3.88. The molecule has 0 aliphatic carbocycles. The molecule has 31 heavy (non-hydrogen) atoms. The van der Waals surface area contributed by atoms with E-state index < -0.39 is 5.41 Å². The number of hydrogen-bond donors (Lipinski definition) is 1. The lowest BCUT2D eigenvalue weighted by Crippen LogP contribution is -2.64. The smallest absolute Gasteiger partial charge is 0.230 e. The van der Waals surface area contributed by atoms with E-state index in [1.807, 2.05) is 47.4 Å². The van der Waals surface area contributed by atoms with E-state index in [0.29, 0.717) is 37.8 Å². The van der Waals surface area contributed by atoms with Gasteiger partial charge in [-0.25, -0.2) is 9.97 Å². The van der Waals surface area contributed by atoms with Gasteiger partial charge in [0.15, 0.2) is 5.75 Å². The molecule has 0 atom stereocenters. The molecular weight excluding hydrogens is 392 g/mol. The lowest BCUT2D eigenvalue weighted by atomic mass is 9.74. The Hall–Kier alpha value is -3.61. The minimum atomic E-state index is -0.538. The van der Waals surface area contributed by atoms with Gasteiger partial charge in [0, 0.05) is 19.6 Å². The molecule has 0 saturated carbocycles. The van der Waals surface area contributed by atoms with Crippen LogP contribution in [0.4, 0.5) is 5.95 Å². The molecule has 1 fully saturated rings. The number of ether oxygens (including phenoxy) is 2. The summed E-state index contributed by atoms with van der Waals surface area (Å²) in [5.74, 6) is 2.02. The summed E-state index contributed by atoms with van der Waals surface area (Å²) in [5, 5.41) is 3.12. The number of carbonyl (C=O) groups is 1. The minimum absolute atomic E-state index is 0.0314. The molecule has 7 nitrogen and oxygen atoms in total. The first kappa shape index (κ1) is 20.7. The van der Waals surface area contributed by atoms with Crippen LogP contribution in [0.5, 0.6) is 11.5 Å². The van der Waals surface area contributed by atoms with Crippen molar-refractivity contribution in [1.82, 2.24) is 15.3 Å². The molecule has 1 amide bonds. The quantitative estimate of drug-likeness (QED) is 0.606. The molecular formula is C24H26N4O3. The fourth-order valence-corrected chi connectivity index (χ4v) is 3.88. The van der Waals surface area contributed by atoms with Crippen LogP contribution in [-0.4, -0.2) is 43.2 Å². The van der Waals surface area contributed by atoms with Crippen LogP contribution in [0.2, 0.25) is 0 Å². The Morgan fingerprint density at radius 1 is 0.968 bits per heavy atom. The van der Waals surface area contributed by atoms with Crippen LogP contribution in [0.3, 0.4) is 0 Å². The van der Waals surface area contributed by atoms with Gasteiger partial charge in [-0.2, -0.15) is 0 Å². The third-order valence-corrected chi connectivity index (χ3v) is 5.57. The second kappa shape index (κ2) is 9.04. The zero-order chi connectivity index (χ0) is 21.7. The van der Waals surface area contributed by atoms with Crippen molar-refractivity contribution in [3.05, 3.63) is 78.1 Å². The Kier molecular flexibility index (Phi) is 6.02. The maximum atomic E-state index is 13.3. The molecule has 1 aliphatic rings. The van der Waals surface area contributed by atoms with Gasteiger partial charge in [-0.15, -0.1) is 0 Å². The van der Waals surface area contributed by atoms with Gasteiger partial charge < -0.3 is 19.7 Å². The predicted octanol–water partition coefficient (Wildman–Crippen LogP) is 2.86. The maximum absolute atomic E-state index is 13.3. The van der Waals surface area contributed by atoms with E-state index in [9.17, 15) is 4.79 Å². The number of rotatable bonds is 8. The molecule has 0 radical (unpaired) electrons. The fraction of sp³-hybridized carbons (Fsp3) is 0.292. The molecule has 1 N–H and O–H groups in total. The van der Waals surface area contributed by atoms with Gasteiger partial charge in [0.05, 0.1) is 32.0 Å². The van der Waals surface area contributed by atoms with Crippen molar-refractivity contribution in [2.24, 2.45) is 5.41 Å². The normalized spacial score (nSPS) is 14.5. The highest BCUT2D eigenvalue weighted by molar-refractivity contribution is 5.86. The van der Waals surface area contributed by atoms with Crippen LogP contribution >= 0.6 is 0 Å². The van der Waals surface area contributed by atoms with Crippen LogP contribution in [0.1, 0.15) is 11.1 Å². The third-order valence-electron chi connectivity index (χ3n) is 5.57. The predicted molar refractivity (Wildman–Crippen MR) is 118 cm³/mol. The summed E-state index contributed by atoms with van der Waals surface area (Å²) in [7, 11) is 3.22. The van der Waals surface area contributed by atoms with Crippen molar-refractivity contribution in [2.75, 3.05) is 32.2 Å². The van der Waals surface area contributed by atoms with Gasteiger partial charge in [-0.3, -0.25) is 4.79 Å². The summed E-state index contributed by atoms with van der Waals surface area (Å²) in [4.78, 5) is 24.1. The maximum Gasteiger partial charge on any atom is 0.230 e. The molecule has 4 rings (SSSR count). The molecule has 160 valence electrons. The van der Waals surface area contributed by atoms with Gasteiger partial charge in [0.1, 0.15) is 5.75 Å². The van der Waals surface area contributed by atoms with Crippen LogP contribution in [-0.2, 0) is 17.8 Å². The second-order valence-electron chi connectivity index (χ2n) is 7.76. The van der Waals surface area contributed by atoms with E-state index in [0.717, 1.165) is 16.9 Å². The number of hydrogen-bond acceptors (Lipinski definition) is 6. The summed E-state index contributed by atoms with van der Waals surface area (Å²) in [6.45, 7) is 1.56. The highest BCUT2D eigenvalue weighted by Gasteiger charge is 2.50. The third kappa shape index (κ3) is 4.60. The Balaban J connectivity index is 1.48. The summed E-state index contributed by atoms with van der Waals surface area (Å²) >= 11 is 0. The summed E-state index contributed by atoms with van der Waals surface area (Å²) in [5.41, 5.74) is 1.59. The number of amides is 1. The number of nitrogens with zero attached hydrogens (tertiary/aromatic N) is 3. The molecule has 2 aromatic carbocycles. The average Bonchev–Trinajstić information content (AvgIpc) is 2.80. The number of anilines is 1. The van der Waals surface area contributed by atoms with E-state index >= 15 is 0 Å². The standard InChI is InChI=1S/C24H26N4O3/c1-30-20-10-6-9-19(11-20)13-25-22(29)24(12-18-7-4-3-5-8-18)16-28(17-24)23-26-14-21(31-2)15-27-23/h3-11,14-15H,12-13,16-17H2,1-2H3,(H,25,29). The molecule has 0 unspecified atom stereocenters. The van der Waals surface area contributed by atoms with Gasteiger partial charge in [0.25, 0.3) is 0 Å². The number of nitrogens with one attached hydrogen (secondary N) is 1. The van der Waals surface area contributed by atoms with Crippen molar-refractivity contribution in [3.63, 3.8) is 0 Å². The molecule has 1 saturated heterocycles. The zero-order valence-electron chi connectivity index (χ0n) is 17.7. The van der Waals surface area contributed by atoms with Crippen LogP contribution in [0.15, 0.2) is 67.0 Å². The van der Waals surface area contributed by atoms with Gasteiger partial charge in [-0.05, 0) is 29.7 Å². The molecule has 2 heterocycles. The van der Waals surface area contributed by atoms with Crippen molar-refractivity contribution in [2.45, 2.75) is 13.0 Å². The minimum Gasteiger partial charge on any atom is -0.497 e. The first-order valence-corrected chi connectivity index (χ1v) is 10.2. The highest BCUT2D eigenvalue weighted by Crippen LogP contribution is 2.37. The van der Waals surface area contributed by atoms with Crippen LogP contribution < -0.4 is 19.7 Å². The Morgan fingerprint density at radius 3 is 2.32 bits per heavy atom. The number of methoxy groups -OCH3 is 2. The lowest BCUT2D eigenvalue weighted by molar-refractivity contribution is -0.132. The highest BCUT2D eigenvalue weighted by atomic mass is 16.5. The number of aromatic nitrogens is 2. The SMILES string of the molecule is COc1cnc(N2CC(Cc3ccccc3)(C(=O)NCc3cccc(OC)c3)C2)nc1. The van der Waals surface area contributed by atoms with Crippen LogP contribution in [0.25, 0.3) is 0 Å². The van der Waals surface area contributed by atoms with E-state index in [4.69, 9.17) is 9.47 Å². The molecule has 7 heteroatoms. The lowest BCUT2D eigenvalue weighted by Gasteiger charge is -2.49. The number of carbonyl (C=O) groups excluding carboxylic acids is 1. The first-order valence-electron chi connectivity index (χ1n) is 10.2. The Bertz CT molecular complexity index is 1020. The topological polar surface area (TPSA) is 76.6 Å². The zero-order valence-corrected chi connectivity index (χ0v) is 17.7. The molecule has 0 spiro atoms. The average molecular weight is 418 g/mol.